The van der Waals surface area contributed by atoms with Gasteiger partial charge in [0, 0.05) is 13.4 Å². The van der Waals surface area contributed by atoms with E-state index in [1.807, 2.05) is 6.92 Å². The predicted octanol–water partition coefficient (Wildman–Crippen LogP) is 8.13. The first kappa shape index (κ1) is 27.4. The minimum atomic E-state index is -6.17. The Morgan fingerprint density at radius 3 is 2.27 bits per heavy atom. The van der Waals surface area contributed by atoms with Crippen LogP contribution in [0.2, 0.25) is 0 Å². The van der Waals surface area contributed by atoms with Crippen molar-refractivity contribution in [3.05, 3.63) is 11.1 Å². The Morgan fingerprint density at radius 2 is 1.68 bits per heavy atom. The molecule has 0 radical (unpaired) electrons. The predicted molar refractivity (Wildman–Crippen MR) is 125 cm³/mol. The average molecular weight is 542 g/mol. The summed E-state index contributed by atoms with van der Waals surface area (Å²) in [5.41, 5.74) is -4.09. The number of carbonyl (C=O) groups is 1. The van der Waals surface area contributed by atoms with Crippen LogP contribution in [0.3, 0.4) is 0 Å². The third kappa shape index (κ3) is 4.47. The SMILES string of the molecule is [2H][C@H](C[C@@H](C)[C@H]1CC(=O)C2=C3[C@H](C)C[C@H]4C[C@@H](O)CC[C@]4(C)[C@H]3CC[C@@]21C)CC(F)(C(F)(F)F)C(F)(F)F. The van der Waals surface area contributed by atoms with Gasteiger partial charge in [-0.1, -0.05) is 39.7 Å². The normalized spacial score (nSPS) is 41.0. The molecule has 0 unspecified atom stereocenters. The van der Waals surface area contributed by atoms with E-state index >= 15 is 0 Å². The van der Waals surface area contributed by atoms with Gasteiger partial charge in [0.25, 0.3) is 5.67 Å². The molecule has 0 heterocycles. The van der Waals surface area contributed by atoms with Gasteiger partial charge in [-0.2, -0.15) is 26.3 Å². The number of Topliss-reactive ketones (excluding diaryl/α,β-unsaturated/α-hetero) is 1. The van der Waals surface area contributed by atoms with Crippen LogP contribution >= 0.6 is 0 Å². The van der Waals surface area contributed by atoms with Gasteiger partial charge in [0.2, 0.25) is 0 Å². The minimum absolute atomic E-state index is 0.0132. The van der Waals surface area contributed by atoms with E-state index in [0.29, 0.717) is 12.3 Å². The van der Waals surface area contributed by atoms with Gasteiger partial charge in [-0.25, -0.2) is 4.39 Å². The molecule has 0 aromatic heterocycles. The van der Waals surface area contributed by atoms with Crippen molar-refractivity contribution in [2.75, 3.05) is 0 Å². The number of aliphatic hydroxyl groups excluding tert-OH is 1. The molecule has 9 atom stereocenters. The Bertz CT molecular complexity index is 961. The molecule has 212 valence electrons. The van der Waals surface area contributed by atoms with Crippen LogP contribution in [0.1, 0.15) is 93.2 Å². The number of halogens is 7. The highest BCUT2D eigenvalue weighted by atomic mass is 19.4. The largest absolute Gasteiger partial charge is 0.431 e. The van der Waals surface area contributed by atoms with Crippen molar-refractivity contribution in [2.24, 2.45) is 40.4 Å². The maximum Gasteiger partial charge on any atom is 0.431 e. The number of hydrogen-bond donors (Lipinski definition) is 1. The van der Waals surface area contributed by atoms with Crippen molar-refractivity contribution in [2.45, 2.75) is 116 Å². The molecule has 1 N–H and O–H groups in total. The highest BCUT2D eigenvalue weighted by Gasteiger charge is 2.71. The van der Waals surface area contributed by atoms with E-state index in [4.69, 9.17) is 1.37 Å². The highest BCUT2D eigenvalue weighted by molar-refractivity contribution is 6.00. The minimum Gasteiger partial charge on any atom is -0.393 e. The molecule has 4 rings (SSSR count). The fraction of sp³-hybridized carbons (Fsp3) is 0.893. The number of rotatable bonds is 5. The highest BCUT2D eigenvalue weighted by Crippen LogP contribution is 2.66. The molecule has 9 heteroatoms. The summed E-state index contributed by atoms with van der Waals surface area (Å²) in [4.78, 5) is 13.5. The van der Waals surface area contributed by atoms with Gasteiger partial charge in [0.15, 0.2) is 5.78 Å². The molecule has 0 aromatic carbocycles. The van der Waals surface area contributed by atoms with Crippen LogP contribution in [0.25, 0.3) is 0 Å². The van der Waals surface area contributed by atoms with Crippen LogP contribution in [0.5, 0.6) is 0 Å². The second-order valence-corrected chi connectivity index (χ2v) is 12.8. The van der Waals surface area contributed by atoms with Gasteiger partial charge in [0.05, 0.1) is 6.10 Å². The van der Waals surface area contributed by atoms with E-state index in [2.05, 4.69) is 13.8 Å². The topological polar surface area (TPSA) is 37.3 Å². The third-order valence-corrected chi connectivity index (χ3v) is 10.7. The fourth-order valence-electron chi connectivity index (χ4n) is 8.59. The lowest BCUT2D eigenvalue weighted by Gasteiger charge is -2.58. The molecule has 3 fully saturated rings. The van der Waals surface area contributed by atoms with Gasteiger partial charge >= 0.3 is 12.4 Å². The molecule has 0 saturated heterocycles. The zero-order valence-electron chi connectivity index (χ0n) is 22.9. The number of alkyl halides is 7. The van der Waals surface area contributed by atoms with Crippen molar-refractivity contribution >= 4 is 5.78 Å². The van der Waals surface area contributed by atoms with Gasteiger partial charge in [-0.15, -0.1) is 0 Å². The van der Waals surface area contributed by atoms with E-state index in [1.165, 1.54) is 0 Å². The summed E-state index contributed by atoms with van der Waals surface area (Å²) in [5, 5.41) is 10.3. The fourth-order valence-corrected chi connectivity index (χ4v) is 8.59. The molecule has 2 nitrogen and oxygen atoms in total. The molecule has 0 aromatic rings. The number of carbonyl (C=O) groups excluding carboxylic acids is 1. The summed E-state index contributed by atoms with van der Waals surface area (Å²) >= 11 is 0. The van der Waals surface area contributed by atoms with Crippen molar-refractivity contribution in [3.8, 4) is 0 Å². The second kappa shape index (κ2) is 9.22. The molecule has 37 heavy (non-hydrogen) atoms. The van der Waals surface area contributed by atoms with Crippen LogP contribution in [-0.4, -0.2) is 35.0 Å². The summed E-state index contributed by atoms with van der Waals surface area (Å²) in [6.45, 7) is 8.02. The summed E-state index contributed by atoms with van der Waals surface area (Å²) in [6.07, 6.45) is -12.1. The molecule has 4 aliphatic rings. The molecule has 0 bridgehead atoms. The summed E-state index contributed by atoms with van der Waals surface area (Å²) in [7, 11) is 0. The first-order chi connectivity index (χ1) is 17.3. The van der Waals surface area contributed by atoms with E-state index in [1.54, 1.807) is 6.92 Å². The number of hydrogen-bond acceptors (Lipinski definition) is 2. The zero-order chi connectivity index (χ0) is 28.6. The standard InChI is InChI=1S/C28H39F7O2/c1-15(6-5-9-26(29,27(30,31)32)28(33,34)35)20-14-21(37)23-22-16(2)12-17-13-18(36)7-10-24(17,3)19(22)8-11-25(20,23)4/h15-20,36H,5-14H2,1-4H3/t15-,16-,17+,18+,19+,20-,24+,25-/m1/s1/i5D/t5-,15-,16-,17+,18+,19+,20-,24+,25-. The van der Waals surface area contributed by atoms with Crippen LogP contribution in [0.15, 0.2) is 11.1 Å². The van der Waals surface area contributed by atoms with Crippen molar-refractivity contribution in [1.29, 1.82) is 0 Å². The monoisotopic (exact) mass is 541 g/mol. The van der Waals surface area contributed by atoms with Crippen molar-refractivity contribution in [1.82, 2.24) is 0 Å². The quantitative estimate of drug-likeness (QED) is 0.357. The maximum absolute atomic E-state index is 14.3. The Balaban J connectivity index is 1.59. The molecule has 0 spiro atoms. The Hall–Kier alpha value is -1.12. The summed E-state index contributed by atoms with van der Waals surface area (Å²) < 4.78 is 101. The molecule has 0 amide bonds. The number of aliphatic hydroxyl groups is 1. The van der Waals surface area contributed by atoms with Crippen LogP contribution in [0.4, 0.5) is 30.7 Å². The lowest BCUT2D eigenvalue weighted by Crippen LogP contribution is -2.53. The summed E-state index contributed by atoms with van der Waals surface area (Å²) in [6, 6.07) is 0. The third-order valence-electron chi connectivity index (χ3n) is 10.7. The molecule has 3 saturated carbocycles. The lowest BCUT2D eigenvalue weighted by atomic mass is 9.47. The Kier molecular flexibility index (Phi) is 6.84. The van der Waals surface area contributed by atoms with E-state index < -0.39 is 42.2 Å². The maximum atomic E-state index is 14.3. The van der Waals surface area contributed by atoms with Crippen LogP contribution in [-0.2, 0) is 4.79 Å². The second-order valence-electron chi connectivity index (χ2n) is 12.8. The van der Waals surface area contributed by atoms with Crippen LogP contribution in [0, 0.1) is 40.4 Å². The average Bonchev–Trinajstić information content (AvgIpc) is 3.04. The van der Waals surface area contributed by atoms with Gasteiger partial charge in [0.1, 0.15) is 0 Å². The Morgan fingerprint density at radius 1 is 1.05 bits per heavy atom. The van der Waals surface area contributed by atoms with Gasteiger partial charge in [-0.3, -0.25) is 4.79 Å². The molecule has 0 aliphatic heterocycles. The van der Waals surface area contributed by atoms with Crippen molar-refractivity contribution < 1.29 is 42.0 Å². The van der Waals surface area contributed by atoms with E-state index in [0.717, 1.165) is 43.3 Å². The van der Waals surface area contributed by atoms with E-state index in [9.17, 15) is 40.6 Å². The van der Waals surface area contributed by atoms with Gasteiger partial charge < -0.3 is 5.11 Å². The van der Waals surface area contributed by atoms with Crippen LogP contribution < -0.4 is 0 Å². The van der Waals surface area contributed by atoms with Crippen molar-refractivity contribution in [3.63, 3.8) is 0 Å². The summed E-state index contributed by atoms with van der Waals surface area (Å²) in [5.74, 6) is -0.161. The first-order valence-electron chi connectivity index (χ1n) is 14.0. The molecule has 4 aliphatic carbocycles. The molecular formula is C28H39F7O2. The molecular weight excluding hydrogens is 501 g/mol. The first-order valence-corrected chi connectivity index (χ1v) is 13.5. The number of ketones is 1. The zero-order valence-corrected chi connectivity index (χ0v) is 21.9. The van der Waals surface area contributed by atoms with E-state index in [-0.39, 0.29) is 47.9 Å². The number of allylic oxidation sites excluding steroid dienone is 2. The Labute approximate surface area is 215 Å². The number of fused-ring (bicyclic) bond motifs is 4. The smallest absolute Gasteiger partial charge is 0.393 e. The van der Waals surface area contributed by atoms with Gasteiger partial charge in [-0.05, 0) is 91.8 Å². The lowest BCUT2D eigenvalue weighted by molar-refractivity contribution is -0.343.